The van der Waals surface area contributed by atoms with Crippen molar-refractivity contribution in [3.05, 3.63) is 71.3 Å². The molecule has 27 heavy (non-hydrogen) atoms. The first-order valence-electron chi connectivity index (χ1n) is 8.51. The number of aryl methyl sites for hydroxylation is 1. The van der Waals surface area contributed by atoms with Gasteiger partial charge in [-0.05, 0) is 48.2 Å². The van der Waals surface area contributed by atoms with Crippen molar-refractivity contribution in [3.63, 3.8) is 0 Å². The molecule has 0 unspecified atom stereocenters. The highest BCUT2D eigenvalue weighted by Gasteiger charge is 2.20. The molecule has 8 heteroatoms. The number of hydrogen-bond acceptors (Lipinski definition) is 6. The predicted molar refractivity (Wildman–Crippen MR) is 109 cm³/mol. The summed E-state index contributed by atoms with van der Waals surface area (Å²) in [5.41, 5.74) is 3.95. The largest absolute Gasteiger partial charge is 0.468 e. The predicted octanol–water partition coefficient (Wildman–Crippen LogP) is 3.79. The highest BCUT2D eigenvalue weighted by Crippen LogP contribution is 2.23. The van der Waals surface area contributed by atoms with Crippen LogP contribution in [0, 0.1) is 6.92 Å². The van der Waals surface area contributed by atoms with Crippen LogP contribution in [0.25, 0.3) is 0 Å². The van der Waals surface area contributed by atoms with Gasteiger partial charge in [-0.2, -0.15) is 0 Å². The molecule has 0 aliphatic carbocycles. The topological polar surface area (TPSA) is 67.1 Å². The molecule has 1 aliphatic heterocycles. The molecule has 144 valence electrons. The Bertz CT molecular complexity index is 857. The number of halogens is 2. The van der Waals surface area contributed by atoms with E-state index in [1.54, 1.807) is 12.5 Å². The van der Waals surface area contributed by atoms with Gasteiger partial charge in [0.25, 0.3) is 0 Å². The molecule has 0 amide bonds. The summed E-state index contributed by atoms with van der Waals surface area (Å²) < 4.78 is 5.47. The molecule has 0 aromatic carbocycles. The van der Waals surface area contributed by atoms with E-state index in [-0.39, 0.29) is 24.8 Å². The molecule has 0 saturated carbocycles. The smallest absolute Gasteiger partial charge is 0.129 e. The summed E-state index contributed by atoms with van der Waals surface area (Å²) in [4.78, 5) is 15.4. The van der Waals surface area contributed by atoms with Gasteiger partial charge in [0.05, 0.1) is 12.8 Å². The third-order valence-electron chi connectivity index (χ3n) is 4.50. The molecule has 0 atom stereocenters. The van der Waals surface area contributed by atoms with Crippen molar-refractivity contribution in [1.82, 2.24) is 19.9 Å². The first-order valence-corrected chi connectivity index (χ1v) is 8.51. The summed E-state index contributed by atoms with van der Waals surface area (Å²) in [5, 5.41) is 3.38. The fraction of sp³-hybridized carbons (Fsp3) is 0.316. The monoisotopic (exact) mass is 407 g/mol. The normalized spacial score (nSPS) is 13.2. The summed E-state index contributed by atoms with van der Waals surface area (Å²) >= 11 is 0. The van der Waals surface area contributed by atoms with E-state index in [2.05, 4.69) is 25.2 Å². The summed E-state index contributed by atoms with van der Waals surface area (Å²) in [6.45, 7) is 5.39. The SMILES string of the molecule is Cc1nccc(NCc2cncc3c2CCN(Cc2ccco2)C3)n1.Cl.Cl. The Morgan fingerprint density at radius 3 is 2.89 bits per heavy atom. The van der Waals surface area contributed by atoms with Crippen LogP contribution in [-0.4, -0.2) is 26.4 Å². The van der Waals surface area contributed by atoms with E-state index < -0.39 is 0 Å². The number of nitrogens with one attached hydrogen (secondary N) is 1. The fourth-order valence-corrected chi connectivity index (χ4v) is 3.28. The number of furan rings is 1. The Morgan fingerprint density at radius 1 is 1.22 bits per heavy atom. The Hall–Kier alpha value is -2.15. The first kappa shape index (κ1) is 21.2. The van der Waals surface area contributed by atoms with E-state index in [9.17, 15) is 0 Å². The molecule has 0 spiro atoms. The lowest BCUT2D eigenvalue weighted by Crippen LogP contribution is -2.31. The lowest BCUT2D eigenvalue weighted by atomic mass is 9.97. The lowest BCUT2D eigenvalue weighted by Gasteiger charge is -2.29. The summed E-state index contributed by atoms with van der Waals surface area (Å²) in [5.74, 6) is 2.63. The summed E-state index contributed by atoms with van der Waals surface area (Å²) in [7, 11) is 0. The number of anilines is 1. The van der Waals surface area contributed by atoms with Crippen molar-refractivity contribution in [2.24, 2.45) is 0 Å². The third kappa shape index (κ3) is 5.19. The maximum absolute atomic E-state index is 5.47. The summed E-state index contributed by atoms with van der Waals surface area (Å²) in [6.07, 6.45) is 8.48. The van der Waals surface area contributed by atoms with Crippen LogP contribution in [0.2, 0.25) is 0 Å². The van der Waals surface area contributed by atoms with E-state index >= 15 is 0 Å². The summed E-state index contributed by atoms with van der Waals surface area (Å²) in [6, 6.07) is 5.85. The molecule has 1 N–H and O–H groups in total. The van der Waals surface area contributed by atoms with Gasteiger partial charge in [0.1, 0.15) is 17.4 Å². The van der Waals surface area contributed by atoms with E-state index in [1.807, 2.05) is 37.5 Å². The first-order chi connectivity index (χ1) is 12.3. The molecule has 1 aliphatic rings. The van der Waals surface area contributed by atoms with Gasteiger partial charge in [-0.3, -0.25) is 9.88 Å². The molecule has 3 aromatic heterocycles. The molecule has 4 rings (SSSR count). The van der Waals surface area contributed by atoms with Crippen LogP contribution in [0.4, 0.5) is 5.82 Å². The molecule has 0 fully saturated rings. The van der Waals surface area contributed by atoms with Crippen molar-refractivity contribution in [3.8, 4) is 0 Å². The molecule has 0 radical (unpaired) electrons. The van der Waals surface area contributed by atoms with E-state index in [4.69, 9.17) is 4.42 Å². The number of nitrogens with zero attached hydrogens (tertiary/aromatic N) is 4. The van der Waals surface area contributed by atoms with Crippen LogP contribution in [0.5, 0.6) is 0 Å². The third-order valence-corrected chi connectivity index (χ3v) is 4.50. The lowest BCUT2D eigenvalue weighted by molar-refractivity contribution is 0.225. The maximum Gasteiger partial charge on any atom is 0.129 e. The number of fused-ring (bicyclic) bond motifs is 1. The second-order valence-electron chi connectivity index (χ2n) is 6.32. The van der Waals surface area contributed by atoms with Crippen molar-refractivity contribution in [2.45, 2.75) is 33.0 Å². The Kier molecular flexibility index (Phi) is 7.59. The molecule has 3 aromatic rings. The molecular formula is C19H23Cl2N5O. The van der Waals surface area contributed by atoms with Gasteiger partial charge < -0.3 is 9.73 Å². The minimum absolute atomic E-state index is 0. The highest BCUT2D eigenvalue weighted by molar-refractivity contribution is 5.85. The molecule has 0 saturated heterocycles. The van der Waals surface area contributed by atoms with Crippen LogP contribution in [0.1, 0.15) is 28.3 Å². The van der Waals surface area contributed by atoms with Gasteiger partial charge >= 0.3 is 0 Å². The quantitative estimate of drug-likeness (QED) is 0.693. The van der Waals surface area contributed by atoms with Crippen molar-refractivity contribution < 1.29 is 4.42 Å². The minimum atomic E-state index is 0. The fourth-order valence-electron chi connectivity index (χ4n) is 3.28. The van der Waals surface area contributed by atoms with Gasteiger partial charge in [-0.15, -0.1) is 24.8 Å². The van der Waals surface area contributed by atoms with Crippen molar-refractivity contribution in [1.29, 1.82) is 0 Å². The van der Waals surface area contributed by atoms with E-state index in [0.717, 1.165) is 50.0 Å². The van der Waals surface area contributed by atoms with Crippen molar-refractivity contribution in [2.75, 3.05) is 11.9 Å². The molecular weight excluding hydrogens is 385 g/mol. The van der Waals surface area contributed by atoms with E-state index in [1.165, 1.54) is 16.7 Å². The number of rotatable bonds is 5. The van der Waals surface area contributed by atoms with Gasteiger partial charge in [-0.25, -0.2) is 9.97 Å². The van der Waals surface area contributed by atoms with Crippen LogP contribution >= 0.6 is 24.8 Å². The van der Waals surface area contributed by atoms with Crippen molar-refractivity contribution >= 4 is 30.6 Å². The van der Waals surface area contributed by atoms with E-state index in [0.29, 0.717) is 0 Å². The molecule has 4 heterocycles. The minimum Gasteiger partial charge on any atom is -0.468 e. The number of hydrogen-bond donors (Lipinski definition) is 1. The second kappa shape index (κ2) is 9.69. The van der Waals surface area contributed by atoms with Gasteiger partial charge in [-0.1, -0.05) is 0 Å². The standard InChI is InChI=1S/C19H21N5O.2ClH/c1-14-21-6-4-19(23-14)22-11-15-9-20-10-16-12-24(7-5-18(15)16)13-17-3-2-8-25-17;;/h2-4,6,8-10H,5,7,11-13H2,1H3,(H,21,22,23);2*1H. The number of pyridine rings is 1. The van der Waals surface area contributed by atoms with Gasteiger partial charge in [0.15, 0.2) is 0 Å². The zero-order valence-electron chi connectivity index (χ0n) is 15.1. The van der Waals surface area contributed by atoms with Gasteiger partial charge in [0, 0.05) is 38.2 Å². The zero-order valence-corrected chi connectivity index (χ0v) is 16.7. The number of aromatic nitrogens is 3. The van der Waals surface area contributed by atoms with Crippen LogP contribution < -0.4 is 5.32 Å². The second-order valence-corrected chi connectivity index (χ2v) is 6.32. The molecule has 0 bridgehead atoms. The Labute approximate surface area is 171 Å². The van der Waals surface area contributed by atoms with Crippen LogP contribution in [-0.2, 0) is 26.1 Å². The Morgan fingerprint density at radius 2 is 2.11 bits per heavy atom. The van der Waals surface area contributed by atoms with Gasteiger partial charge in [0.2, 0.25) is 0 Å². The average Bonchev–Trinajstić information content (AvgIpc) is 3.13. The van der Waals surface area contributed by atoms with Crippen LogP contribution in [0.15, 0.2) is 47.5 Å². The molecule has 6 nitrogen and oxygen atoms in total. The highest BCUT2D eigenvalue weighted by atomic mass is 35.5. The zero-order chi connectivity index (χ0) is 17.1. The Balaban J connectivity index is 0.00000131. The maximum atomic E-state index is 5.47. The average molecular weight is 408 g/mol. The van der Waals surface area contributed by atoms with Crippen LogP contribution in [0.3, 0.4) is 0 Å².